The topological polar surface area (TPSA) is 33.7 Å². The molecule has 0 radical (unpaired) electrons. The summed E-state index contributed by atoms with van der Waals surface area (Å²) in [5.74, 6) is 3.41. The van der Waals surface area contributed by atoms with Gasteiger partial charge in [0, 0.05) is 19.6 Å². The van der Waals surface area contributed by atoms with E-state index in [2.05, 4.69) is 10.2 Å². The number of hydrogen-bond acceptors (Lipinski definition) is 4. The molecule has 0 spiro atoms. The molecule has 2 aliphatic rings. The molecule has 1 N–H and O–H groups in total. The van der Waals surface area contributed by atoms with E-state index in [0.717, 1.165) is 36.5 Å². The molecule has 0 aromatic heterocycles. The van der Waals surface area contributed by atoms with E-state index < -0.39 is 0 Å². The highest BCUT2D eigenvalue weighted by Crippen LogP contribution is 2.28. The number of rotatable bonds is 6. The van der Waals surface area contributed by atoms with Gasteiger partial charge < -0.3 is 14.8 Å². The number of fused-ring (bicyclic) bond motifs is 1. The summed E-state index contributed by atoms with van der Waals surface area (Å²) >= 11 is 0. The molecule has 0 amide bonds. The summed E-state index contributed by atoms with van der Waals surface area (Å²) in [7, 11) is 0. The van der Waals surface area contributed by atoms with Crippen LogP contribution in [0.15, 0.2) is 24.3 Å². The first-order valence-electron chi connectivity index (χ1n) is 7.64. The molecule has 2 atom stereocenters. The van der Waals surface area contributed by atoms with Gasteiger partial charge >= 0.3 is 0 Å². The molecule has 2 saturated heterocycles. The van der Waals surface area contributed by atoms with Crippen molar-refractivity contribution in [1.82, 2.24) is 10.2 Å². The van der Waals surface area contributed by atoms with Crippen LogP contribution in [0, 0.1) is 11.8 Å². The second kappa shape index (κ2) is 6.46. The minimum atomic E-state index is 0.670. The minimum absolute atomic E-state index is 0.670. The lowest BCUT2D eigenvalue weighted by Crippen LogP contribution is -2.29. The SMILES string of the molecule is CCOc1ccccc1OCCN1CC2CNCC2C1. The predicted octanol–water partition coefficient (Wildman–Crippen LogP) is 1.62. The highest BCUT2D eigenvalue weighted by Gasteiger charge is 2.35. The summed E-state index contributed by atoms with van der Waals surface area (Å²) < 4.78 is 11.5. The van der Waals surface area contributed by atoms with Crippen molar-refractivity contribution in [3.8, 4) is 11.5 Å². The molecule has 2 heterocycles. The van der Waals surface area contributed by atoms with Crippen LogP contribution in [0.4, 0.5) is 0 Å². The van der Waals surface area contributed by atoms with Gasteiger partial charge in [-0.1, -0.05) is 12.1 Å². The van der Waals surface area contributed by atoms with E-state index in [0.29, 0.717) is 6.61 Å². The highest BCUT2D eigenvalue weighted by atomic mass is 16.5. The van der Waals surface area contributed by atoms with Crippen LogP contribution in [0.2, 0.25) is 0 Å². The summed E-state index contributed by atoms with van der Waals surface area (Å²) in [5, 5.41) is 3.47. The molecule has 4 nitrogen and oxygen atoms in total. The van der Waals surface area contributed by atoms with E-state index in [-0.39, 0.29) is 0 Å². The molecule has 2 unspecified atom stereocenters. The predicted molar refractivity (Wildman–Crippen MR) is 79.4 cm³/mol. The third-order valence-corrected chi connectivity index (χ3v) is 4.28. The van der Waals surface area contributed by atoms with E-state index in [4.69, 9.17) is 9.47 Å². The van der Waals surface area contributed by atoms with E-state index >= 15 is 0 Å². The van der Waals surface area contributed by atoms with Gasteiger partial charge in [-0.3, -0.25) is 4.90 Å². The van der Waals surface area contributed by atoms with Crippen molar-refractivity contribution >= 4 is 0 Å². The van der Waals surface area contributed by atoms with Crippen molar-refractivity contribution in [2.45, 2.75) is 6.92 Å². The Morgan fingerprint density at radius 1 is 1.10 bits per heavy atom. The molecule has 20 heavy (non-hydrogen) atoms. The van der Waals surface area contributed by atoms with Crippen LogP contribution >= 0.6 is 0 Å². The summed E-state index contributed by atoms with van der Waals surface area (Å²) in [6.07, 6.45) is 0. The number of ether oxygens (including phenoxy) is 2. The quantitative estimate of drug-likeness (QED) is 0.856. The summed E-state index contributed by atoms with van der Waals surface area (Å²) in [4.78, 5) is 2.53. The van der Waals surface area contributed by atoms with Crippen LogP contribution < -0.4 is 14.8 Å². The molecule has 0 aliphatic carbocycles. The lowest BCUT2D eigenvalue weighted by atomic mass is 10.0. The number of nitrogens with one attached hydrogen (secondary N) is 1. The maximum Gasteiger partial charge on any atom is 0.161 e. The fourth-order valence-corrected chi connectivity index (χ4v) is 3.26. The van der Waals surface area contributed by atoms with Crippen molar-refractivity contribution < 1.29 is 9.47 Å². The van der Waals surface area contributed by atoms with Crippen molar-refractivity contribution in [3.05, 3.63) is 24.3 Å². The monoisotopic (exact) mass is 276 g/mol. The van der Waals surface area contributed by atoms with Gasteiger partial charge in [0.2, 0.25) is 0 Å². The standard InChI is InChI=1S/C16H24N2O2/c1-2-19-15-5-3-4-6-16(15)20-8-7-18-11-13-9-17-10-14(13)12-18/h3-6,13-14,17H,2,7-12H2,1H3. The molecule has 110 valence electrons. The largest absolute Gasteiger partial charge is 0.490 e. The Morgan fingerprint density at radius 2 is 1.75 bits per heavy atom. The Balaban J connectivity index is 1.46. The fourth-order valence-electron chi connectivity index (χ4n) is 3.26. The van der Waals surface area contributed by atoms with E-state index in [1.165, 1.54) is 26.2 Å². The van der Waals surface area contributed by atoms with Gasteiger partial charge in [0.15, 0.2) is 11.5 Å². The van der Waals surface area contributed by atoms with Crippen LogP contribution in [0.5, 0.6) is 11.5 Å². The average Bonchev–Trinajstić information content (AvgIpc) is 3.02. The number of hydrogen-bond donors (Lipinski definition) is 1. The van der Waals surface area contributed by atoms with Crippen LogP contribution in [0.25, 0.3) is 0 Å². The number of benzene rings is 1. The number of nitrogens with zero attached hydrogens (tertiary/aromatic N) is 1. The molecule has 3 rings (SSSR count). The minimum Gasteiger partial charge on any atom is -0.490 e. The lowest BCUT2D eigenvalue weighted by Gasteiger charge is -2.18. The van der Waals surface area contributed by atoms with Gasteiger partial charge in [-0.25, -0.2) is 0 Å². The highest BCUT2D eigenvalue weighted by molar-refractivity contribution is 5.39. The molecule has 4 heteroatoms. The Kier molecular flexibility index (Phi) is 4.43. The van der Waals surface area contributed by atoms with Crippen molar-refractivity contribution in [2.75, 3.05) is 45.9 Å². The van der Waals surface area contributed by atoms with Gasteiger partial charge in [0.05, 0.1) is 6.61 Å². The Morgan fingerprint density at radius 3 is 2.40 bits per heavy atom. The Bertz CT molecular complexity index is 426. The third-order valence-electron chi connectivity index (χ3n) is 4.28. The van der Waals surface area contributed by atoms with E-state index in [1.807, 2.05) is 31.2 Å². The van der Waals surface area contributed by atoms with Crippen molar-refractivity contribution in [2.24, 2.45) is 11.8 Å². The Hall–Kier alpha value is -1.26. The van der Waals surface area contributed by atoms with Gasteiger partial charge in [-0.2, -0.15) is 0 Å². The van der Waals surface area contributed by atoms with E-state index in [1.54, 1.807) is 0 Å². The molecule has 0 saturated carbocycles. The maximum absolute atomic E-state index is 5.89. The summed E-state index contributed by atoms with van der Waals surface area (Å²) in [5.41, 5.74) is 0. The second-order valence-corrected chi connectivity index (χ2v) is 5.67. The van der Waals surface area contributed by atoms with Crippen molar-refractivity contribution in [3.63, 3.8) is 0 Å². The van der Waals surface area contributed by atoms with Gasteiger partial charge in [0.25, 0.3) is 0 Å². The van der Waals surface area contributed by atoms with Crippen LogP contribution in [-0.2, 0) is 0 Å². The summed E-state index contributed by atoms with van der Waals surface area (Å²) in [6, 6.07) is 7.91. The van der Waals surface area contributed by atoms with Gasteiger partial charge in [-0.05, 0) is 44.0 Å². The van der Waals surface area contributed by atoms with Gasteiger partial charge in [-0.15, -0.1) is 0 Å². The molecule has 1 aromatic carbocycles. The first-order valence-corrected chi connectivity index (χ1v) is 7.64. The zero-order chi connectivity index (χ0) is 13.8. The number of likely N-dealkylation sites (tertiary alicyclic amines) is 1. The third kappa shape index (κ3) is 3.07. The molecule has 2 fully saturated rings. The molecule has 0 bridgehead atoms. The van der Waals surface area contributed by atoms with Crippen molar-refractivity contribution in [1.29, 1.82) is 0 Å². The maximum atomic E-state index is 5.89. The van der Waals surface area contributed by atoms with Crippen LogP contribution in [0.3, 0.4) is 0 Å². The zero-order valence-corrected chi connectivity index (χ0v) is 12.2. The van der Waals surface area contributed by atoms with Crippen LogP contribution in [-0.4, -0.2) is 50.8 Å². The fraction of sp³-hybridized carbons (Fsp3) is 0.625. The first-order chi connectivity index (χ1) is 9.86. The second-order valence-electron chi connectivity index (χ2n) is 5.67. The molecule has 1 aromatic rings. The number of para-hydroxylation sites is 2. The molecular weight excluding hydrogens is 252 g/mol. The first kappa shape index (κ1) is 13.7. The van der Waals surface area contributed by atoms with E-state index in [9.17, 15) is 0 Å². The smallest absolute Gasteiger partial charge is 0.161 e. The normalized spacial score (nSPS) is 25.6. The van der Waals surface area contributed by atoms with Gasteiger partial charge in [0.1, 0.15) is 6.61 Å². The van der Waals surface area contributed by atoms with Crippen LogP contribution in [0.1, 0.15) is 6.92 Å². The lowest BCUT2D eigenvalue weighted by molar-refractivity contribution is 0.219. The summed E-state index contributed by atoms with van der Waals surface area (Å²) in [6.45, 7) is 9.22. The Labute approximate surface area is 121 Å². The zero-order valence-electron chi connectivity index (χ0n) is 12.2. The average molecular weight is 276 g/mol. The molecular formula is C16H24N2O2. The molecule has 2 aliphatic heterocycles.